The van der Waals surface area contributed by atoms with Crippen molar-refractivity contribution in [2.45, 2.75) is 71.1 Å². The van der Waals surface area contributed by atoms with Gasteiger partial charge in [0.05, 0.1) is 6.61 Å². The molecule has 0 bridgehead atoms. The number of allylic oxidation sites excluding steroid dienone is 2. The lowest BCUT2D eigenvalue weighted by molar-refractivity contribution is -0.144. The zero-order valence-corrected chi connectivity index (χ0v) is 11.8. The van der Waals surface area contributed by atoms with Gasteiger partial charge in [0.1, 0.15) is 0 Å². The fourth-order valence-corrected chi connectivity index (χ4v) is 2.27. The fraction of sp³-hybridized carbons (Fsp3) is 0.812. The molecular weight excluding hydrogens is 224 g/mol. The molecule has 0 saturated heterocycles. The Bertz CT molecular complexity index is 245. The van der Waals surface area contributed by atoms with E-state index in [-0.39, 0.29) is 5.97 Å². The minimum atomic E-state index is -0.0155. The number of carbonyl (C=O) groups is 1. The highest BCUT2D eigenvalue weighted by Gasteiger charge is 2.04. The van der Waals surface area contributed by atoms with Crippen molar-refractivity contribution in [3.8, 4) is 0 Å². The Kier molecular flexibility index (Phi) is 8.62. The first-order chi connectivity index (χ1) is 8.79. The predicted octanol–water partition coefficient (Wildman–Crippen LogP) is 4.64. The first-order valence-corrected chi connectivity index (χ1v) is 7.61. The molecule has 104 valence electrons. The van der Waals surface area contributed by atoms with Crippen LogP contribution in [0.2, 0.25) is 0 Å². The zero-order valence-electron chi connectivity index (χ0n) is 11.8. The first-order valence-electron chi connectivity index (χ1n) is 7.61. The summed E-state index contributed by atoms with van der Waals surface area (Å²) in [7, 11) is 0. The molecule has 0 aliphatic carbocycles. The van der Waals surface area contributed by atoms with E-state index >= 15 is 0 Å². The minimum absolute atomic E-state index is 0.0155. The van der Waals surface area contributed by atoms with E-state index in [0.717, 1.165) is 12.8 Å². The smallest absolute Gasteiger partial charge is 0.305 e. The Balaban J connectivity index is 2.28. The molecule has 1 unspecified atom stereocenters. The van der Waals surface area contributed by atoms with Crippen molar-refractivity contribution < 1.29 is 9.53 Å². The maximum Gasteiger partial charge on any atom is 0.305 e. The largest absolute Gasteiger partial charge is 0.466 e. The molecule has 1 aliphatic rings. The molecule has 1 aliphatic heterocycles. The second-order valence-corrected chi connectivity index (χ2v) is 5.43. The topological polar surface area (TPSA) is 26.3 Å². The van der Waals surface area contributed by atoms with Gasteiger partial charge in [0.15, 0.2) is 0 Å². The van der Waals surface area contributed by atoms with Crippen molar-refractivity contribution in [3.63, 3.8) is 0 Å². The second kappa shape index (κ2) is 10.2. The number of rotatable bonds is 0. The summed E-state index contributed by atoms with van der Waals surface area (Å²) in [6.07, 6.45) is 16.1. The number of carbonyl (C=O) groups excluding carboxylic acids is 1. The Morgan fingerprint density at radius 3 is 2.50 bits per heavy atom. The summed E-state index contributed by atoms with van der Waals surface area (Å²) in [5.41, 5.74) is 0. The Hall–Kier alpha value is -0.790. The number of esters is 1. The van der Waals surface area contributed by atoms with Crippen LogP contribution in [-0.4, -0.2) is 12.6 Å². The van der Waals surface area contributed by atoms with Crippen LogP contribution < -0.4 is 0 Å². The van der Waals surface area contributed by atoms with Gasteiger partial charge in [-0.15, -0.1) is 0 Å². The highest BCUT2D eigenvalue weighted by molar-refractivity contribution is 5.69. The standard InChI is InChI=1S/C16H28O2/c1-15-11-9-7-5-3-2-4-6-8-10-12-16(17)18-14-13-15/h9,11,15H,2-8,10,12-14H2,1H3. The van der Waals surface area contributed by atoms with Crippen molar-refractivity contribution >= 4 is 5.97 Å². The van der Waals surface area contributed by atoms with Gasteiger partial charge in [-0.25, -0.2) is 0 Å². The van der Waals surface area contributed by atoms with Gasteiger partial charge in [-0.3, -0.25) is 4.79 Å². The van der Waals surface area contributed by atoms with Crippen molar-refractivity contribution in [2.75, 3.05) is 6.61 Å². The summed E-state index contributed by atoms with van der Waals surface area (Å²) >= 11 is 0. The monoisotopic (exact) mass is 252 g/mol. The van der Waals surface area contributed by atoms with Crippen molar-refractivity contribution in [1.29, 1.82) is 0 Å². The zero-order chi connectivity index (χ0) is 13.1. The van der Waals surface area contributed by atoms with E-state index in [1.165, 1.54) is 44.9 Å². The van der Waals surface area contributed by atoms with E-state index in [1.54, 1.807) is 0 Å². The third kappa shape index (κ3) is 8.32. The van der Waals surface area contributed by atoms with Gasteiger partial charge < -0.3 is 4.74 Å². The summed E-state index contributed by atoms with van der Waals surface area (Å²) in [5.74, 6) is 0.504. The van der Waals surface area contributed by atoms with Crippen LogP contribution in [-0.2, 0) is 9.53 Å². The molecule has 0 aromatic heterocycles. The Labute approximate surface area is 112 Å². The third-order valence-electron chi connectivity index (χ3n) is 3.55. The lowest BCUT2D eigenvalue weighted by atomic mass is 10.0. The van der Waals surface area contributed by atoms with E-state index < -0.39 is 0 Å². The maximum atomic E-state index is 11.4. The molecule has 1 atom stereocenters. The molecule has 0 fully saturated rings. The van der Waals surface area contributed by atoms with Crippen LogP contribution in [0, 0.1) is 5.92 Å². The predicted molar refractivity (Wildman–Crippen MR) is 75.4 cm³/mol. The number of hydrogen-bond acceptors (Lipinski definition) is 2. The summed E-state index contributed by atoms with van der Waals surface area (Å²) in [4.78, 5) is 11.4. The molecule has 2 nitrogen and oxygen atoms in total. The van der Waals surface area contributed by atoms with E-state index in [2.05, 4.69) is 19.1 Å². The van der Waals surface area contributed by atoms with Crippen molar-refractivity contribution in [3.05, 3.63) is 12.2 Å². The van der Waals surface area contributed by atoms with Crippen LogP contribution in [0.3, 0.4) is 0 Å². The van der Waals surface area contributed by atoms with Gasteiger partial charge >= 0.3 is 5.97 Å². The van der Waals surface area contributed by atoms with Crippen LogP contribution >= 0.6 is 0 Å². The molecule has 0 radical (unpaired) electrons. The van der Waals surface area contributed by atoms with Gasteiger partial charge in [0.25, 0.3) is 0 Å². The number of ether oxygens (including phenoxy) is 1. The quantitative estimate of drug-likeness (QED) is 0.464. The molecular formula is C16H28O2. The Morgan fingerprint density at radius 1 is 1.06 bits per heavy atom. The third-order valence-corrected chi connectivity index (χ3v) is 3.55. The molecule has 18 heavy (non-hydrogen) atoms. The van der Waals surface area contributed by atoms with Gasteiger partial charge in [0, 0.05) is 6.42 Å². The highest BCUT2D eigenvalue weighted by atomic mass is 16.5. The molecule has 0 aromatic carbocycles. The van der Waals surface area contributed by atoms with E-state index in [9.17, 15) is 4.79 Å². The van der Waals surface area contributed by atoms with E-state index in [4.69, 9.17) is 4.74 Å². The molecule has 1 heterocycles. The lowest BCUT2D eigenvalue weighted by Gasteiger charge is -2.08. The van der Waals surface area contributed by atoms with Gasteiger partial charge in [-0.1, -0.05) is 51.2 Å². The van der Waals surface area contributed by atoms with E-state index in [1.807, 2.05) is 0 Å². The van der Waals surface area contributed by atoms with Crippen LogP contribution in [0.15, 0.2) is 12.2 Å². The summed E-state index contributed by atoms with van der Waals surface area (Å²) < 4.78 is 5.24. The van der Waals surface area contributed by atoms with Crippen molar-refractivity contribution in [2.24, 2.45) is 5.92 Å². The lowest BCUT2D eigenvalue weighted by Crippen LogP contribution is -2.07. The molecule has 2 heteroatoms. The summed E-state index contributed by atoms with van der Waals surface area (Å²) in [6, 6.07) is 0. The van der Waals surface area contributed by atoms with E-state index in [0.29, 0.717) is 18.9 Å². The molecule has 0 spiro atoms. The fourth-order valence-electron chi connectivity index (χ4n) is 2.27. The average Bonchev–Trinajstić information content (AvgIpc) is 2.34. The SMILES string of the molecule is CC1C=CCCCCCCCCCC(=O)OCC1. The second-order valence-electron chi connectivity index (χ2n) is 5.43. The van der Waals surface area contributed by atoms with Crippen LogP contribution in [0.1, 0.15) is 71.1 Å². The molecule has 1 rings (SSSR count). The first kappa shape index (κ1) is 15.3. The Morgan fingerprint density at radius 2 is 1.72 bits per heavy atom. The van der Waals surface area contributed by atoms with Crippen LogP contribution in [0.5, 0.6) is 0 Å². The molecule has 0 aromatic rings. The van der Waals surface area contributed by atoms with Crippen molar-refractivity contribution in [1.82, 2.24) is 0 Å². The van der Waals surface area contributed by atoms with Gasteiger partial charge in [-0.05, 0) is 31.6 Å². The molecule has 0 saturated carbocycles. The van der Waals surface area contributed by atoms with Crippen LogP contribution in [0.25, 0.3) is 0 Å². The number of cyclic esters (lactones) is 1. The summed E-state index contributed by atoms with van der Waals surface area (Å²) in [6.45, 7) is 2.76. The summed E-state index contributed by atoms with van der Waals surface area (Å²) in [5, 5.41) is 0. The van der Waals surface area contributed by atoms with Gasteiger partial charge in [0.2, 0.25) is 0 Å². The number of hydrogen-bond donors (Lipinski definition) is 0. The normalized spacial score (nSPS) is 25.6. The molecule has 0 amide bonds. The van der Waals surface area contributed by atoms with Crippen LogP contribution in [0.4, 0.5) is 0 Å². The maximum absolute atomic E-state index is 11.4. The minimum Gasteiger partial charge on any atom is -0.466 e. The average molecular weight is 252 g/mol. The molecule has 0 N–H and O–H groups in total. The van der Waals surface area contributed by atoms with Gasteiger partial charge in [-0.2, -0.15) is 0 Å². The highest BCUT2D eigenvalue weighted by Crippen LogP contribution is 2.12.